The molecule has 2 rings (SSSR count). The second kappa shape index (κ2) is 9.22. The molecule has 140 valence electrons. The first-order valence-electron chi connectivity index (χ1n) is 9.15. The lowest BCUT2D eigenvalue weighted by Crippen LogP contribution is -2.40. The summed E-state index contributed by atoms with van der Waals surface area (Å²) < 4.78 is 24.6. The number of hydrogen-bond donors (Lipinski definition) is 1. The van der Waals surface area contributed by atoms with Crippen molar-refractivity contribution in [2.75, 3.05) is 32.4 Å². The summed E-state index contributed by atoms with van der Waals surface area (Å²) in [7, 11) is -1.41. The van der Waals surface area contributed by atoms with E-state index < -0.39 is 9.84 Å². The Morgan fingerprint density at radius 2 is 2.04 bits per heavy atom. The van der Waals surface area contributed by atoms with E-state index in [9.17, 15) is 8.42 Å². The highest BCUT2D eigenvalue weighted by atomic mass is 32.2. The van der Waals surface area contributed by atoms with Gasteiger partial charge in [0.15, 0.2) is 15.8 Å². The van der Waals surface area contributed by atoms with E-state index in [2.05, 4.69) is 29.1 Å². The van der Waals surface area contributed by atoms with Gasteiger partial charge in [-0.2, -0.15) is 0 Å². The summed E-state index contributed by atoms with van der Waals surface area (Å²) in [6, 6.07) is 8.65. The van der Waals surface area contributed by atoms with Gasteiger partial charge in [-0.25, -0.2) is 8.42 Å². The van der Waals surface area contributed by atoms with Gasteiger partial charge in [0.2, 0.25) is 0 Å². The Kier molecular flexibility index (Phi) is 7.29. The first kappa shape index (κ1) is 19.8. The van der Waals surface area contributed by atoms with Crippen molar-refractivity contribution < 1.29 is 8.42 Å². The molecule has 0 spiro atoms. The van der Waals surface area contributed by atoms with Crippen LogP contribution in [0.4, 0.5) is 0 Å². The zero-order valence-corrected chi connectivity index (χ0v) is 16.4. The van der Waals surface area contributed by atoms with Gasteiger partial charge in [-0.1, -0.05) is 32.0 Å². The predicted molar refractivity (Wildman–Crippen MR) is 104 cm³/mol. The molecule has 1 aromatic rings. The second-order valence-corrected chi connectivity index (χ2v) is 9.30. The summed E-state index contributed by atoms with van der Waals surface area (Å²) in [5, 5.41) is 3.32. The van der Waals surface area contributed by atoms with Gasteiger partial charge in [0.25, 0.3) is 0 Å². The number of benzene rings is 1. The van der Waals surface area contributed by atoms with Crippen molar-refractivity contribution in [3.63, 3.8) is 0 Å². The molecule has 1 aliphatic rings. The third-order valence-corrected chi connectivity index (χ3v) is 6.39. The first-order chi connectivity index (χ1) is 11.9. The molecular weight excluding hydrogens is 334 g/mol. The number of guanidine groups is 1. The van der Waals surface area contributed by atoms with Crippen LogP contribution in [0.25, 0.3) is 0 Å². The molecule has 1 fully saturated rings. The molecule has 0 radical (unpaired) electrons. The smallest absolute Gasteiger partial charge is 0.193 e. The molecule has 1 aliphatic heterocycles. The molecule has 1 saturated heterocycles. The third-order valence-electron chi connectivity index (χ3n) is 4.58. The van der Waals surface area contributed by atoms with Crippen molar-refractivity contribution in [3.05, 3.63) is 30.3 Å². The predicted octanol–water partition coefficient (Wildman–Crippen LogP) is 2.79. The minimum atomic E-state index is -3.20. The fourth-order valence-corrected chi connectivity index (χ4v) is 4.76. The highest BCUT2D eigenvalue weighted by Crippen LogP contribution is 2.23. The van der Waals surface area contributed by atoms with Crippen LogP contribution in [0.1, 0.15) is 33.1 Å². The molecule has 0 aromatic heterocycles. The average molecular weight is 366 g/mol. The quantitative estimate of drug-likeness (QED) is 0.458. The van der Waals surface area contributed by atoms with Crippen LogP contribution < -0.4 is 5.32 Å². The zero-order valence-electron chi connectivity index (χ0n) is 15.6. The van der Waals surface area contributed by atoms with Crippen LogP contribution in [0.15, 0.2) is 40.2 Å². The number of rotatable bonds is 7. The number of hydrogen-bond acceptors (Lipinski definition) is 3. The Morgan fingerprint density at radius 1 is 1.32 bits per heavy atom. The number of aliphatic imine (C=N–C) groups is 1. The Hall–Kier alpha value is -1.56. The molecular formula is C19H31N3O2S. The SMILES string of the molecule is CN=C(NCCCS(=O)(=O)c1ccccc1)N1CCC(CC(C)C)C1. The summed E-state index contributed by atoms with van der Waals surface area (Å²) >= 11 is 0. The van der Waals surface area contributed by atoms with E-state index in [1.54, 1.807) is 31.3 Å². The first-order valence-corrected chi connectivity index (χ1v) is 10.8. The molecule has 0 bridgehead atoms. The van der Waals surface area contributed by atoms with Crippen molar-refractivity contribution >= 4 is 15.8 Å². The van der Waals surface area contributed by atoms with E-state index >= 15 is 0 Å². The van der Waals surface area contributed by atoms with Crippen LogP contribution in [0.2, 0.25) is 0 Å². The molecule has 1 unspecified atom stereocenters. The summed E-state index contributed by atoms with van der Waals surface area (Å²) in [4.78, 5) is 7.05. The lowest BCUT2D eigenvalue weighted by atomic mass is 9.97. The molecule has 0 amide bonds. The van der Waals surface area contributed by atoms with Crippen LogP contribution in [-0.4, -0.2) is 51.7 Å². The van der Waals surface area contributed by atoms with Gasteiger partial charge in [-0.15, -0.1) is 0 Å². The fourth-order valence-electron chi connectivity index (χ4n) is 3.42. The van der Waals surface area contributed by atoms with Crippen molar-refractivity contribution in [2.45, 2.75) is 38.0 Å². The molecule has 5 nitrogen and oxygen atoms in total. The van der Waals surface area contributed by atoms with Gasteiger partial charge >= 0.3 is 0 Å². The van der Waals surface area contributed by atoms with E-state index in [1.165, 1.54) is 12.8 Å². The monoisotopic (exact) mass is 365 g/mol. The van der Waals surface area contributed by atoms with Crippen molar-refractivity contribution in [1.82, 2.24) is 10.2 Å². The maximum absolute atomic E-state index is 12.3. The topological polar surface area (TPSA) is 61.8 Å². The second-order valence-electron chi connectivity index (χ2n) is 7.19. The third kappa shape index (κ3) is 6.03. The van der Waals surface area contributed by atoms with Crippen molar-refractivity contribution in [2.24, 2.45) is 16.8 Å². The summed E-state index contributed by atoms with van der Waals surface area (Å²) in [5.74, 6) is 2.50. The van der Waals surface area contributed by atoms with E-state index in [0.29, 0.717) is 17.9 Å². The maximum Gasteiger partial charge on any atom is 0.193 e. The van der Waals surface area contributed by atoms with Gasteiger partial charge in [-0.05, 0) is 43.2 Å². The van der Waals surface area contributed by atoms with Crippen molar-refractivity contribution in [3.8, 4) is 0 Å². The van der Waals surface area contributed by atoms with E-state index in [1.807, 2.05) is 6.07 Å². The molecule has 6 heteroatoms. The van der Waals surface area contributed by atoms with Gasteiger partial charge in [0, 0.05) is 26.7 Å². The summed E-state index contributed by atoms with van der Waals surface area (Å²) in [6.45, 7) is 7.22. The summed E-state index contributed by atoms with van der Waals surface area (Å²) in [6.07, 6.45) is 3.03. The van der Waals surface area contributed by atoms with Crippen molar-refractivity contribution in [1.29, 1.82) is 0 Å². The standard InChI is InChI=1S/C19H31N3O2S/c1-16(2)14-17-10-12-22(15-17)19(20-3)21-11-7-13-25(23,24)18-8-5-4-6-9-18/h4-6,8-9,16-17H,7,10-15H2,1-3H3,(H,20,21). The Bertz CT molecular complexity index is 657. The van der Waals surface area contributed by atoms with Gasteiger partial charge in [0.05, 0.1) is 10.6 Å². The number of likely N-dealkylation sites (tertiary alicyclic amines) is 1. The fraction of sp³-hybridized carbons (Fsp3) is 0.632. The Morgan fingerprint density at radius 3 is 2.68 bits per heavy atom. The van der Waals surface area contributed by atoms with Gasteiger partial charge in [0.1, 0.15) is 0 Å². The lowest BCUT2D eigenvalue weighted by Gasteiger charge is -2.22. The van der Waals surface area contributed by atoms with Crippen LogP contribution in [-0.2, 0) is 9.84 Å². The average Bonchev–Trinajstić information content (AvgIpc) is 3.03. The van der Waals surface area contributed by atoms with E-state index in [-0.39, 0.29) is 5.75 Å². The minimum Gasteiger partial charge on any atom is -0.356 e. The van der Waals surface area contributed by atoms with Crippen LogP contribution in [0, 0.1) is 11.8 Å². The zero-order chi connectivity index (χ0) is 18.3. The number of nitrogens with zero attached hydrogens (tertiary/aromatic N) is 2. The Balaban J connectivity index is 1.77. The molecule has 1 heterocycles. The lowest BCUT2D eigenvalue weighted by molar-refractivity contribution is 0.403. The van der Waals surface area contributed by atoms with E-state index in [0.717, 1.165) is 30.9 Å². The Labute approximate surface area is 152 Å². The highest BCUT2D eigenvalue weighted by molar-refractivity contribution is 7.91. The normalized spacial score (nSPS) is 18.8. The summed E-state index contributed by atoms with van der Waals surface area (Å²) in [5.41, 5.74) is 0. The number of nitrogens with one attached hydrogen (secondary N) is 1. The van der Waals surface area contributed by atoms with Crippen LogP contribution >= 0.6 is 0 Å². The molecule has 0 saturated carbocycles. The van der Waals surface area contributed by atoms with E-state index in [4.69, 9.17) is 0 Å². The van der Waals surface area contributed by atoms with Crippen LogP contribution in [0.5, 0.6) is 0 Å². The van der Waals surface area contributed by atoms with Gasteiger partial charge < -0.3 is 10.2 Å². The molecule has 25 heavy (non-hydrogen) atoms. The largest absolute Gasteiger partial charge is 0.356 e. The number of sulfone groups is 1. The maximum atomic E-state index is 12.3. The van der Waals surface area contributed by atoms with Gasteiger partial charge in [-0.3, -0.25) is 4.99 Å². The molecule has 1 aromatic carbocycles. The molecule has 1 N–H and O–H groups in total. The highest BCUT2D eigenvalue weighted by Gasteiger charge is 2.25. The molecule has 1 atom stereocenters. The minimum absolute atomic E-state index is 0.150. The van der Waals surface area contributed by atoms with Crippen LogP contribution in [0.3, 0.4) is 0 Å². The molecule has 0 aliphatic carbocycles.